The first-order valence-electron chi connectivity index (χ1n) is 6.92. The van der Waals surface area contributed by atoms with Crippen molar-refractivity contribution in [3.63, 3.8) is 0 Å². The van der Waals surface area contributed by atoms with Gasteiger partial charge in [0.15, 0.2) is 0 Å². The number of nitriles is 1. The Morgan fingerprint density at radius 3 is 2.42 bits per heavy atom. The predicted molar refractivity (Wildman–Crippen MR) is 86.4 cm³/mol. The number of hydrogen-bond donors (Lipinski definition) is 1. The fraction of sp³-hybridized carbons (Fsp3) is 0.0625. The smallest absolute Gasteiger partial charge is 0.261 e. The Hall–Kier alpha value is -3.18. The summed E-state index contributed by atoms with van der Waals surface area (Å²) in [5, 5.41) is 16.5. The lowest BCUT2D eigenvalue weighted by molar-refractivity contribution is 0.533. The molecule has 1 heterocycles. The number of nitrogens with zero attached hydrogens (tertiary/aromatic N) is 3. The van der Waals surface area contributed by atoms with E-state index in [4.69, 9.17) is 9.68 Å². The molecule has 120 valence electrons. The number of hydrogen-bond acceptors (Lipinski definition) is 6. The largest absolute Gasteiger partial charge is 0.421 e. The molecule has 0 saturated carbocycles. The van der Waals surface area contributed by atoms with E-state index in [0.29, 0.717) is 22.7 Å². The first-order chi connectivity index (χ1) is 11.5. The van der Waals surface area contributed by atoms with E-state index in [0.717, 1.165) is 0 Å². The van der Waals surface area contributed by atoms with E-state index < -0.39 is 10.0 Å². The number of anilines is 1. The van der Waals surface area contributed by atoms with Crippen LogP contribution >= 0.6 is 0 Å². The van der Waals surface area contributed by atoms with E-state index >= 15 is 0 Å². The minimum absolute atomic E-state index is 0.0537. The lowest BCUT2D eigenvalue weighted by Crippen LogP contribution is -2.13. The van der Waals surface area contributed by atoms with Crippen LogP contribution in [0.15, 0.2) is 57.8 Å². The zero-order valence-electron chi connectivity index (χ0n) is 12.6. The summed E-state index contributed by atoms with van der Waals surface area (Å²) in [6.07, 6.45) is 0. The highest BCUT2D eigenvalue weighted by atomic mass is 32.2. The quantitative estimate of drug-likeness (QED) is 0.782. The molecular formula is C16H12N4O3S. The summed E-state index contributed by atoms with van der Waals surface area (Å²) < 4.78 is 32.9. The van der Waals surface area contributed by atoms with Crippen molar-refractivity contribution in [2.75, 3.05) is 4.72 Å². The van der Waals surface area contributed by atoms with Crippen LogP contribution in [-0.2, 0) is 10.0 Å². The van der Waals surface area contributed by atoms with Gasteiger partial charge in [0.1, 0.15) is 0 Å². The molecule has 1 aromatic heterocycles. The van der Waals surface area contributed by atoms with Gasteiger partial charge >= 0.3 is 0 Å². The van der Waals surface area contributed by atoms with Crippen LogP contribution in [0.3, 0.4) is 0 Å². The van der Waals surface area contributed by atoms with Gasteiger partial charge in [-0.25, -0.2) is 8.42 Å². The standard InChI is InChI=1S/C16H12N4O3S/c1-11-18-19-16(23-11)14-4-2-3-5-15(14)20-24(21,22)13-8-6-12(10-17)7-9-13/h2-9,20H,1H3. The number of para-hydroxylation sites is 1. The summed E-state index contributed by atoms with van der Waals surface area (Å²) in [6, 6.07) is 14.3. The molecule has 0 aliphatic carbocycles. The molecule has 0 radical (unpaired) electrons. The van der Waals surface area contributed by atoms with Gasteiger partial charge in [-0.15, -0.1) is 10.2 Å². The Morgan fingerprint density at radius 2 is 1.79 bits per heavy atom. The summed E-state index contributed by atoms with van der Waals surface area (Å²) in [7, 11) is -3.81. The maximum atomic E-state index is 12.5. The molecule has 3 rings (SSSR count). The highest BCUT2D eigenvalue weighted by Crippen LogP contribution is 2.28. The highest BCUT2D eigenvalue weighted by Gasteiger charge is 2.18. The molecule has 0 spiro atoms. The first kappa shape index (κ1) is 15.7. The number of aryl methyl sites for hydroxylation is 1. The average molecular weight is 340 g/mol. The maximum Gasteiger partial charge on any atom is 0.261 e. The summed E-state index contributed by atoms with van der Waals surface area (Å²) in [6.45, 7) is 1.65. The second-order valence-electron chi connectivity index (χ2n) is 4.91. The topological polar surface area (TPSA) is 109 Å². The lowest BCUT2D eigenvalue weighted by Gasteiger charge is -2.10. The van der Waals surface area contributed by atoms with E-state index in [1.54, 1.807) is 31.2 Å². The van der Waals surface area contributed by atoms with E-state index in [1.807, 2.05) is 6.07 Å². The minimum Gasteiger partial charge on any atom is -0.421 e. The lowest BCUT2D eigenvalue weighted by atomic mass is 10.2. The molecule has 24 heavy (non-hydrogen) atoms. The molecule has 0 saturated heterocycles. The maximum absolute atomic E-state index is 12.5. The van der Waals surface area contributed by atoms with Crippen LogP contribution in [0, 0.1) is 18.3 Å². The molecule has 0 atom stereocenters. The zero-order valence-corrected chi connectivity index (χ0v) is 13.4. The van der Waals surface area contributed by atoms with Crippen molar-refractivity contribution in [3.8, 4) is 17.5 Å². The van der Waals surface area contributed by atoms with Gasteiger partial charge < -0.3 is 4.42 Å². The van der Waals surface area contributed by atoms with Gasteiger partial charge in [-0.1, -0.05) is 12.1 Å². The van der Waals surface area contributed by atoms with Gasteiger partial charge in [-0.2, -0.15) is 5.26 Å². The van der Waals surface area contributed by atoms with E-state index in [9.17, 15) is 8.42 Å². The monoisotopic (exact) mass is 340 g/mol. The van der Waals surface area contributed by atoms with Crippen LogP contribution in [0.4, 0.5) is 5.69 Å². The van der Waals surface area contributed by atoms with Crippen LogP contribution in [-0.4, -0.2) is 18.6 Å². The third-order valence-electron chi connectivity index (χ3n) is 3.22. The Morgan fingerprint density at radius 1 is 1.08 bits per heavy atom. The molecule has 0 fully saturated rings. The highest BCUT2D eigenvalue weighted by molar-refractivity contribution is 7.92. The zero-order chi connectivity index (χ0) is 17.2. The number of aromatic nitrogens is 2. The average Bonchev–Trinajstić information content (AvgIpc) is 3.01. The second kappa shape index (κ2) is 6.14. The number of rotatable bonds is 4. The summed E-state index contributed by atoms with van der Waals surface area (Å²) in [4.78, 5) is 0.0537. The normalized spacial score (nSPS) is 11.0. The Kier molecular flexibility index (Phi) is 4.02. The SMILES string of the molecule is Cc1nnc(-c2ccccc2NS(=O)(=O)c2ccc(C#N)cc2)o1. The van der Waals surface area contributed by atoms with E-state index in [-0.39, 0.29) is 10.8 Å². The minimum atomic E-state index is -3.81. The van der Waals surface area contributed by atoms with Crippen molar-refractivity contribution in [2.24, 2.45) is 0 Å². The van der Waals surface area contributed by atoms with Gasteiger partial charge in [-0.3, -0.25) is 4.72 Å². The van der Waals surface area contributed by atoms with Crippen LogP contribution in [0.5, 0.6) is 0 Å². The van der Waals surface area contributed by atoms with Crippen LogP contribution in [0.2, 0.25) is 0 Å². The summed E-state index contributed by atoms with van der Waals surface area (Å²) in [5.74, 6) is 0.611. The Balaban J connectivity index is 1.97. The van der Waals surface area contributed by atoms with Crippen molar-refractivity contribution < 1.29 is 12.8 Å². The van der Waals surface area contributed by atoms with Gasteiger partial charge in [-0.05, 0) is 36.4 Å². The molecular weight excluding hydrogens is 328 g/mol. The summed E-state index contributed by atoms with van der Waals surface area (Å²) in [5.41, 5.74) is 1.19. The third kappa shape index (κ3) is 3.11. The molecule has 3 aromatic rings. The second-order valence-corrected chi connectivity index (χ2v) is 6.60. The number of sulfonamides is 1. The van der Waals surface area contributed by atoms with Crippen molar-refractivity contribution >= 4 is 15.7 Å². The predicted octanol–water partition coefficient (Wildman–Crippen LogP) is 2.72. The molecule has 0 unspecified atom stereocenters. The fourth-order valence-electron chi connectivity index (χ4n) is 2.08. The van der Waals surface area contributed by atoms with Gasteiger partial charge in [0.25, 0.3) is 10.0 Å². The number of benzene rings is 2. The molecule has 8 heteroatoms. The molecule has 1 N–H and O–H groups in total. The van der Waals surface area contributed by atoms with Crippen molar-refractivity contribution in [1.82, 2.24) is 10.2 Å². The van der Waals surface area contributed by atoms with E-state index in [2.05, 4.69) is 14.9 Å². The summed E-state index contributed by atoms with van der Waals surface area (Å²) >= 11 is 0. The first-order valence-corrected chi connectivity index (χ1v) is 8.40. The van der Waals surface area contributed by atoms with Crippen LogP contribution in [0.25, 0.3) is 11.5 Å². The van der Waals surface area contributed by atoms with Gasteiger partial charge in [0.05, 0.1) is 27.8 Å². The molecule has 7 nitrogen and oxygen atoms in total. The fourth-order valence-corrected chi connectivity index (χ4v) is 3.16. The third-order valence-corrected chi connectivity index (χ3v) is 4.60. The van der Waals surface area contributed by atoms with Crippen LogP contribution < -0.4 is 4.72 Å². The molecule has 0 aliphatic rings. The molecule has 0 amide bonds. The number of nitrogens with one attached hydrogen (secondary N) is 1. The van der Waals surface area contributed by atoms with E-state index in [1.165, 1.54) is 24.3 Å². The Labute approximate surface area is 138 Å². The van der Waals surface area contributed by atoms with Crippen LogP contribution in [0.1, 0.15) is 11.5 Å². The van der Waals surface area contributed by atoms with Gasteiger partial charge in [0.2, 0.25) is 11.8 Å². The molecule has 0 bridgehead atoms. The molecule has 2 aromatic carbocycles. The van der Waals surface area contributed by atoms with Crippen molar-refractivity contribution in [1.29, 1.82) is 5.26 Å². The Bertz CT molecular complexity index is 1020. The van der Waals surface area contributed by atoms with Crippen molar-refractivity contribution in [3.05, 3.63) is 60.0 Å². The van der Waals surface area contributed by atoms with Crippen molar-refractivity contribution in [2.45, 2.75) is 11.8 Å². The van der Waals surface area contributed by atoms with Gasteiger partial charge in [0, 0.05) is 6.92 Å². The molecule has 0 aliphatic heterocycles.